The molecule has 1 N–H and O–H groups in total. The number of rotatable bonds is 2. The highest BCUT2D eigenvalue weighted by Gasteiger charge is 2.30. The fourth-order valence-corrected chi connectivity index (χ4v) is 2.40. The van der Waals surface area contributed by atoms with Gasteiger partial charge in [-0.1, -0.05) is 11.6 Å². The molecule has 1 fully saturated rings. The first-order valence-electron chi connectivity index (χ1n) is 5.58. The van der Waals surface area contributed by atoms with Crippen molar-refractivity contribution in [3.63, 3.8) is 0 Å². The summed E-state index contributed by atoms with van der Waals surface area (Å²) in [6.45, 7) is 0.607. The van der Waals surface area contributed by atoms with Gasteiger partial charge in [0, 0.05) is 16.0 Å². The number of nitrogens with zero attached hydrogens (tertiary/aromatic N) is 1. The van der Waals surface area contributed by atoms with Gasteiger partial charge in [-0.05, 0) is 34.1 Å². The summed E-state index contributed by atoms with van der Waals surface area (Å²) >= 11 is 9.16. The third-order valence-corrected chi connectivity index (χ3v) is 3.71. The van der Waals surface area contributed by atoms with E-state index in [-0.39, 0.29) is 19.1 Å². The Kier molecular flexibility index (Phi) is 4.44. The third-order valence-electron chi connectivity index (χ3n) is 2.79. The van der Waals surface area contributed by atoms with Crippen LogP contribution in [0.4, 0.5) is 0 Å². The Morgan fingerprint density at radius 2 is 2.21 bits per heavy atom. The summed E-state index contributed by atoms with van der Waals surface area (Å²) in [5, 5.41) is 9.37. The lowest BCUT2D eigenvalue weighted by Gasteiger charge is -2.31. The summed E-state index contributed by atoms with van der Waals surface area (Å²) < 4.78 is 5.70. The van der Waals surface area contributed by atoms with E-state index in [0.717, 1.165) is 0 Å². The Hall–Kier alpha value is -1.11. The van der Waals surface area contributed by atoms with E-state index in [1.807, 2.05) is 0 Å². The molecule has 19 heavy (non-hydrogen) atoms. The van der Waals surface area contributed by atoms with Crippen LogP contribution in [0.25, 0.3) is 0 Å². The molecule has 1 amide bonds. The van der Waals surface area contributed by atoms with Gasteiger partial charge in [0.05, 0.1) is 18.7 Å². The SMILES string of the molecule is O=C(O)C1CN(C(=O)c2cc(Cl)ccc2Br)CCO1. The maximum Gasteiger partial charge on any atom is 0.334 e. The standard InChI is InChI=1S/C12H11BrClNO4/c13-9-2-1-7(14)5-8(9)11(16)15-3-4-19-10(6-15)12(17)18/h1-2,5,10H,3-4,6H2,(H,17,18). The van der Waals surface area contributed by atoms with Gasteiger partial charge >= 0.3 is 5.97 Å². The van der Waals surface area contributed by atoms with Crippen LogP contribution in [0, 0.1) is 0 Å². The number of carboxylic acid groups (broad SMARTS) is 1. The van der Waals surface area contributed by atoms with Crippen molar-refractivity contribution in [3.8, 4) is 0 Å². The van der Waals surface area contributed by atoms with Crippen molar-refractivity contribution in [2.45, 2.75) is 6.10 Å². The van der Waals surface area contributed by atoms with Crippen LogP contribution in [0.3, 0.4) is 0 Å². The molecular formula is C12H11BrClNO4. The number of carbonyl (C=O) groups excluding carboxylic acids is 1. The number of morpholine rings is 1. The number of halogens is 2. The van der Waals surface area contributed by atoms with E-state index in [4.69, 9.17) is 21.4 Å². The zero-order chi connectivity index (χ0) is 14.0. The van der Waals surface area contributed by atoms with Gasteiger partial charge in [0.2, 0.25) is 0 Å². The lowest BCUT2D eigenvalue weighted by atomic mass is 10.1. The minimum atomic E-state index is -1.07. The minimum absolute atomic E-state index is 0.0348. The summed E-state index contributed by atoms with van der Waals surface area (Å²) in [6, 6.07) is 4.91. The predicted octanol–water partition coefficient (Wildman–Crippen LogP) is 2.03. The molecule has 1 aliphatic rings. The van der Waals surface area contributed by atoms with Crippen LogP contribution >= 0.6 is 27.5 Å². The summed E-state index contributed by atoms with van der Waals surface area (Å²) in [6.07, 6.45) is -0.976. The second-order valence-corrected chi connectivity index (χ2v) is 5.36. The predicted molar refractivity (Wildman–Crippen MR) is 72.4 cm³/mol. The summed E-state index contributed by atoms with van der Waals surface area (Å²) in [5.41, 5.74) is 0.415. The molecule has 7 heteroatoms. The highest BCUT2D eigenvalue weighted by atomic mass is 79.9. The number of hydrogen-bond donors (Lipinski definition) is 1. The largest absolute Gasteiger partial charge is 0.479 e. The molecule has 5 nitrogen and oxygen atoms in total. The monoisotopic (exact) mass is 347 g/mol. The van der Waals surface area contributed by atoms with Crippen molar-refractivity contribution in [2.75, 3.05) is 19.7 Å². The second kappa shape index (κ2) is 5.90. The molecule has 1 atom stereocenters. The average molecular weight is 349 g/mol. The van der Waals surface area contributed by atoms with E-state index in [9.17, 15) is 9.59 Å². The Balaban J connectivity index is 2.19. The molecule has 1 heterocycles. The lowest BCUT2D eigenvalue weighted by molar-refractivity contribution is -0.154. The zero-order valence-corrected chi connectivity index (χ0v) is 12.1. The quantitative estimate of drug-likeness (QED) is 0.888. The van der Waals surface area contributed by atoms with Crippen molar-refractivity contribution in [1.82, 2.24) is 4.90 Å². The Morgan fingerprint density at radius 1 is 1.47 bits per heavy atom. The van der Waals surface area contributed by atoms with Crippen molar-refractivity contribution >= 4 is 39.4 Å². The third kappa shape index (κ3) is 3.26. The van der Waals surface area contributed by atoms with Crippen molar-refractivity contribution in [3.05, 3.63) is 33.3 Å². The highest BCUT2D eigenvalue weighted by molar-refractivity contribution is 9.10. The molecule has 0 spiro atoms. The van der Waals surface area contributed by atoms with Crippen LogP contribution in [0.15, 0.2) is 22.7 Å². The molecule has 0 radical (unpaired) electrons. The maximum atomic E-state index is 12.3. The van der Waals surface area contributed by atoms with E-state index in [2.05, 4.69) is 15.9 Å². The first-order valence-corrected chi connectivity index (χ1v) is 6.75. The molecule has 1 saturated heterocycles. The fraction of sp³-hybridized carbons (Fsp3) is 0.333. The number of aliphatic carboxylic acids is 1. The summed E-state index contributed by atoms with van der Waals surface area (Å²) in [5.74, 6) is -1.33. The number of ether oxygens (including phenoxy) is 1. The van der Waals surface area contributed by atoms with Crippen molar-refractivity contribution < 1.29 is 19.4 Å². The van der Waals surface area contributed by atoms with Gasteiger partial charge in [0.15, 0.2) is 6.10 Å². The topological polar surface area (TPSA) is 66.8 Å². The van der Waals surface area contributed by atoms with E-state index < -0.39 is 12.1 Å². The molecule has 2 rings (SSSR count). The van der Waals surface area contributed by atoms with E-state index in [1.165, 1.54) is 4.90 Å². The molecule has 1 aromatic carbocycles. The van der Waals surface area contributed by atoms with Gasteiger partial charge in [0.1, 0.15) is 0 Å². The number of carboxylic acids is 1. The Labute approximate surface area is 123 Å². The van der Waals surface area contributed by atoms with Crippen LogP contribution in [0.2, 0.25) is 5.02 Å². The number of carbonyl (C=O) groups is 2. The van der Waals surface area contributed by atoms with Gasteiger partial charge in [-0.2, -0.15) is 0 Å². The normalized spacial score (nSPS) is 19.3. The molecule has 1 aliphatic heterocycles. The molecular weight excluding hydrogens is 337 g/mol. The van der Waals surface area contributed by atoms with Crippen LogP contribution in [0.5, 0.6) is 0 Å². The first-order chi connectivity index (χ1) is 8.99. The molecule has 1 unspecified atom stereocenters. The van der Waals surface area contributed by atoms with Crippen molar-refractivity contribution in [1.29, 1.82) is 0 Å². The van der Waals surface area contributed by atoms with Gasteiger partial charge in [-0.25, -0.2) is 4.79 Å². The minimum Gasteiger partial charge on any atom is -0.479 e. The van der Waals surface area contributed by atoms with Gasteiger partial charge in [-0.3, -0.25) is 4.79 Å². The number of hydrogen-bond acceptors (Lipinski definition) is 3. The zero-order valence-electron chi connectivity index (χ0n) is 9.81. The molecule has 0 aromatic heterocycles. The van der Waals surface area contributed by atoms with Crippen LogP contribution in [-0.2, 0) is 9.53 Å². The van der Waals surface area contributed by atoms with Crippen LogP contribution in [0.1, 0.15) is 10.4 Å². The van der Waals surface area contributed by atoms with Gasteiger partial charge in [-0.15, -0.1) is 0 Å². The fourth-order valence-electron chi connectivity index (χ4n) is 1.81. The van der Waals surface area contributed by atoms with E-state index in [0.29, 0.717) is 21.6 Å². The van der Waals surface area contributed by atoms with Gasteiger partial charge in [0.25, 0.3) is 5.91 Å². The van der Waals surface area contributed by atoms with Crippen LogP contribution < -0.4 is 0 Å². The molecule has 0 aliphatic carbocycles. The van der Waals surface area contributed by atoms with E-state index >= 15 is 0 Å². The van der Waals surface area contributed by atoms with Crippen molar-refractivity contribution in [2.24, 2.45) is 0 Å². The Bertz CT molecular complexity index is 522. The molecule has 0 bridgehead atoms. The summed E-state index contributed by atoms with van der Waals surface area (Å²) in [7, 11) is 0. The second-order valence-electron chi connectivity index (χ2n) is 4.07. The number of amides is 1. The number of benzene rings is 1. The molecule has 102 valence electrons. The smallest absolute Gasteiger partial charge is 0.334 e. The van der Waals surface area contributed by atoms with E-state index in [1.54, 1.807) is 18.2 Å². The first kappa shape index (κ1) is 14.3. The highest BCUT2D eigenvalue weighted by Crippen LogP contribution is 2.23. The molecule has 0 saturated carbocycles. The maximum absolute atomic E-state index is 12.3. The average Bonchev–Trinajstić information content (AvgIpc) is 2.41. The van der Waals surface area contributed by atoms with Gasteiger partial charge < -0.3 is 14.7 Å². The van der Waals surface area contributed by atoms with Crippen LogP contribution in [-0.4, -0.2) is 47.7 Å². The lowest BCUT2D eigenvalue weighted by Crippen LogP contribution is -2.48. The molecule has 1 aromatic rings. The summed E-state index contributed by atoms with van der Waals surface area (Å²) in [4.78, 5) is 24.7. The Morgan fingerprint density at radius 3 is 2.89 bits per heavy atom.